The first-order chi connectivity index (χ1) is 5.84. The lowest BCUT2D eigenvalue weighted by Gasteiger charge is -2.00. The molecule has 0 saturated heterocycles. The quantitative estimate of drug-likeness (QED) is 0.520. The number of hydrogen-bond acceptors (Lipinski definition) is 2. The second-order valence-electron chi connectivity index (χ2n) is 2.48. The molecule has 0 spiro atoms. The summed E-state index contributed by atoms with van der Waals surface area (Å²) in [5.74, 6) is 6.79. The Bertz CT molecular complexity index is 290. The van der Waals surface area contributed by atoms with Crippen LogP contribution >= 0.6 is 0 Å². The van der Waals surface area contributed by atoms with Gasteiger partial charge >= 0.3 is 0 Å². The van der Waals surface area contributed by atoms with Crippen LogP contribution in [0.15, 0.2) is 12.4 Å². The van der Waals surface area contributed by atoms with Gasteiger partial charge in [0.2, 0.25) is 0 Å². The molecule has 0 radical (unpaired) electrons. The number of imidazole rings is 1. The van der Waals surface area contributed by atoms with Crippen LogP contribution in [0.1, 0.15) is 12.7 Å². The summed E-state index contributed by atoms with van der Waals surface area (Å²) in [4.78, 5) is 4.17. The molecular formula is C9H13N3. The average Bonchev–Trinajstić information content (AvgIpc) is 2.46. The van der Waals surface area contributed by atoms with Crippen molar-refractivity contribution in [2.24, 2.45) is 7.05 Å². The molecule has 0 bridgehead atoms. The van der Waals surface area contributed by atoms with Gasteiger partial charge in [-0.1, -0.05) is 5.92 Å². The van der Waals surface area contributed by atoms with E-state index >= 15 is 0 Å². The Kier molecular flexibility index (Phi) is 3.36. The molecule has 1 N–H and O–H groups in total. The summed E-state index contributed by atoms with van der Waals surface area (Å²) in [6, 6.07) is 0. The summed E-state index contributed by atoms with van der Waals surface area (Å²) in [6.07, 6.45) is 3.73. The third-order valence-corrected chi connectivity index (χ3v) is 1.59. The van der Waals surface area contributed by atoms with Gasteiger partial charge in [-0.05, 0) is 6.92 Å². The van der Waals surface area contributed by atoms with Crippen LogP contribution in [0.5, 0.6) is 0 Å². The highest BCUT2D eigenvalue weighted by molar-refractivity contribution is 4.98. The Morgan fingerprint density at radius 1 is 1.67 bits per heavy atom. The molecule has 3 heteroatoms. The zero-order valence-electron chi connectivity index (χ0n) is 7.46. The molecule has 0 saturated carbocycles. The van der Waals surface area contributed by atoms with E-state index in [4.69, 9.17) is 0 Å². The molecule has 1 heterocycles. The Balaban J connectivity index is 2.32. The lowest BCUT2D eigenvalue weighted by Crippen LogP contribution is -2.16. The third kappa shape index (κ3) is 2.40. The summed E-state index contributed by atoms with van der Waals surface area (Å²) < 4.78 is 1.99. The van der Waals surface area contributed by atoms with Crippen molar-refractivity contribution in [2.75, 3.05) is 6.54 Å². The zero-order chi connectivity index (χ0) is 8.81. The van der Waals surface area contributed by atoms with E-state index in [0.717, 1.165) is 18.9 Å². The standard InChI is InChI=1S/C9H13N3/c1-3-4-5-10-8-9-11-6-7-12(9)2/h6-7,10H,5,8H2,1-2H3. The van der Waals surface area contributed by atoms with E-state index in [1.807, 2.05) is 24.7 Å². The number of aromatic nitrogens is 2. The van der Waals surface area contributed by atoms with Crippen molar-refractivity contribution in [3.63, 3.8) is 0 Å². The highest BCUT2D eigenvalue weighted by Gasteiger charge is 1.95. The lowest BCUT2D eigenvalue weighted by molar-refractivity contribution is 0.685. The van der Waals surface area contributed by atoms with E-state index in [-0.39, 0.29) is 0 Å². The van der Waals surface area contributed by atoms with E-state index in [9.17, 15) is 0 Å². The number of rotatable bonds is 3. The predicted molar refractivity (Wildman–Crippen MR) is 48.4 cm³/mol. The first-order valence-corrected chi connectivity index (χ1v) is 3.91. The molecule has 1 rings (SSSR count). The molecule has 1 aromatic heterocycles. The average molecular weight is 163 g/mol. The molecule has 0 aromatic carbocycles. The first kappa shape index (κ1) is 8.82. The van der Waals surface area contributed by atoms with Gasteiger partial charge in [0, 0.05) is 19.4 Å². The van der Waals surface area contributed by atoms with Gasteiger partial charge in [0.25, 0.3) is 0 Å². The molecule has 0 unspecified atom stereocenters. The predicted octanol–water partition coefficient (Wildman–Crippen LogP) is 0.533. The van der Waals surface area contributed by atoms with E-state index in [0.29, 0.717) is 0 Å². The van der Waals surface area contributed by atoms with Crippen molar-refractivity contribution in [1.29, 1.82) is 0 Å². The van der Waals surface area contributed by atoms with Gasteiger partial charge in [-0.2, -0.15) is 0 Å². The minimum Gasteiger partial charge on any atom is -0.337 e. The van der Waals surface area contributed by atoms with Gasteiger partial charge in [0.1, 0.15) is 5.82 Å². The minimum absolute atomic E-state index is 0.726. The molecular weight excluding hydrogens is 150 g/mol. The molecule has 3 nitrogen and oxygen atoms in total. The van der Waals surface area contributed by atoms with Gasteiger partial charge in [-0.3, -0.25) is 5.32 Å². The number of hydrogen-bond donors (Lipinski definition) is 1. The van der Waals surface area contributed by atoms with Gasteiger partial charge in [0.15, 0.2) is 0 Å². The molecule has 64 valence electrons. The summed E-state index contributed by atoms with van der Waals surface area (Å²) >= 11 is 0. The molecule has 0 aliphatic heterocycles. The number of nitrogens with zero attached hydrogens (tertiary/aromatic N) is 2. The summed E-state index contributed by atoms with van der Waals surface area (Å²) in [5.41, 5.74) is 0. The Hall–Kier alpha value is -1.27. The summed E-state index contributed by atoms with van der Waals surface area (Å²) in [7, 11) is 1.98. The first-order valence-electron chi connectivity index (χ1n) is 3.91. The number of nitrogens with one attached hydrogen (secondary N) is 1. The minimum atomic E-state index is 0.726. The van der Waals surface area contributed by atoms with E-state index in [1.165, 1.54) is 0 Å². The Labute approximate surface area is 72.8 Å². The molecule has 0 aliphatic rings. The molecule has 12 heavy (non-hydrogen) atoms. The fourth-order valence-corrected chi connectivity index (χ4v) is 0.892. The normalized spacial score (nSPS) is 9.17. The van der Waals surface area contributed by atoms with Gasteiger partial charge in [0.05, 0.1) is 13.1 Å². The largest absolute Gasteiger partial charge is 0.337 e. The van der Waals surface area contributed by atoms with Crippen molar-refractivity contribution < 1.29 is 0 Å². The third-order valence-electron chi connectivity index (χ3n) is 1.59. The second-order valence-corrected chi connectivity index (χ2v) is 2.48. The Morgan fingerprint density at radius 2 is 2.50 bits per heavy atom. The van der Waals surface area contributed by atoms with Crippen molar-refractivity contribution in [1.82, 2.24) is 14.9 Å². The Morgan fingerprint density at radius 3 is 3.08 bits per heavy atom. The van der Waals surface area contributed by atoms with Crippen LogP contribution in [0.2, 0.25) is 0 Å². The smallest absolute Gasteiger partial charge is 0.122 e. The van der Waals surface area contributed by atoms with Crippen molar-refractivity contribution in [3.05, 3.63) is 18.2 Å². The molecule has 0 aliphatic carbocycles. The highest BCUT2D eigenvalue weighted by atomic mass is 15.1. The van der Waals surface area contributed by atoms with Crippen molar-refractivity contribution in [2.45, 2.75) is 13.5 Å². The van der Waals surface area contributed by atoms with Crippen molar-refractivity contribution >= 4 is 0 Å². The fourth-order valence-electron chi connectivity index (χ4n) is 0.892. The maximum Gasteiger partial charge on any atom is 0.122 e. The summed E-state index contributed by atoms with van der Waals surface area (Å²) in [6.45, 7) is 3.34. The molecule has 0 fully saturated rings. The topological polar surface area (TPSA) is 29.9 Å². The van der Waals surface area contributed by atoms with Crippen LogP contribution in [0.4, 0.5) is 0 Å². The van der Waals surface area contributed by atoms with E-state index in [2.05, 4.69) is 22.1 Å². The molecule has 0 amide bonds. The molecule has 0 atom stereocenters. The van der Waals surface area contributed by atoms with Crippen LogP contribution in [-0.4, -0.2) is 16.1 Å². The van der Waals surface area contributed by atoms with Crippen LogP contribution in [0.3, 0.4) is 0 Å². The van der Waals surface area contributed by atoms with Gasteiger partial charge in [-0.15, -0.1) is 5.92 Å². The highest BCUT2D eigenvalue weighted by Crippen LogP contribution is 1.91. The SMILES string of the molecule is CC#CCNCc1nccn1C. The van der Waals surface area contributed by atoms with Crippen LogP contribution < -0.4 is 5.32 Å². The monoisotopic (exact) mass is 163 g/mol. The maximum atomic E-state index is 4.17. The van der Waals surface area contributed by atoms with Gasteiger partial charge in [-0.25, -0.2) is 4.98 Å². The number of aryl methyl sites for hydroxylation is 1. The second kappa shape index (κ2) is 4.58. The van der Waals surface area contributed by atoms with Crippen LogP contribution in [-0.2, 0) is 13.6 Å². The van der Waals surface area contributed by atoms with E-state index < -0.39 is 0 Å². The van der Waals surface area contributed by atoms with Crippen LogP contribution in [0, 0.1) is 11.8 Å². The lowest BCUT2D eigenvalue weighted by atomic mass is 10.5. The fraction of sp³-hybridized carbons (Fsp3) is 0.444. The van der Waals surface area contributed by atoms with Crippen molar-refractivity contribution in [3.8, 4) is 11.8 Å². The zero-order valence-corrected chi connectivity index (χ0v) is 7.46. The van der Waals surface area contributed by atoms with E-state index in [1.54, 1.807) is 6.20 Å². The maximum absolute atomic E-state index is 4.17. The molecule has 1 aromatic rings. The van der Waals surface area contributed by atoms with Crippen LogP contribution in [0.25, 0.3) is 0 Å². The van der Waals surface area contributed by atoms with Gasteiger partial charge < -0.3 is 4.57 Å². The summed E-state index contributed by atoms with van der Waals surface area (Å²) in [5, 5.41) is 3.17.